The van der Waals surface area contributed by atoms with E-state index in [-0.39, 0.29) is 16.9 Å². The minimum atomic E-state index is -2.85. The molecule has 7 rings (SSSR count). The van der Waals surface area contributed by atoms with Crippen molar-refractivity contribution < 1.29 is 18.3 Å². The summed E-state index contributed by atoms with van der Waals surface area (Å²) in [5.74, 6) is 3.70. The SMILES string of the molecule is C=C(C)C1CCC2(NCCN3CCS(=O)(=O)CC3)CCC3(C)C(CCC4C5(C)CC=C(CC6CCCC(C(=O)O)C6)C(C)(C)C5CCC43C)C12. The van der Waals surface area contributed by atoms with Crippen LogP contribution in [-0.4, -0.2) is 67.6 Å². The maximum Gasteiger partial charge on any atom is 0.306 e. The molecule has 0 radical (unpaired) electrons. The zero-order valence-corrected chi connectivity index (χ0v) is 33.3. The van der Waals surface area contributed by atoms with E-state index in [4.69, 9.17) is 0 Å². The van der Waals surface area contributed by atoms with E-state index in [1.54, 1.807) is 5.57 Å². The number of carboxylic acids is 1. The van der Waals surface area contributed by atoms with Crippen molar-refractivity contribution in [3.8, 4) is 0 Å². The van der Waals surface area contributed by atoms with Crippen molar-refractivity contribution in [3.05, 3.63) is 23.8 Å². The molecule has 7 aliphatic rings. The molecule has 5 saturated carbocycles. The van der Waals surface area contributed by atoms with Crippen molar-refractivity contribution in [2.24, 2.45) is 63.1 Å². The van der Waals surface area contributed by atoms with E-state index < -0.39 is 15.8 Å². The van der Waals surface area contributed by atoms with Gasteiger partial charge in [-0.2, -0.15) is 0 Å². The molecule has 0 amide bonds. The predicted octanol–water partition coefficient (Wildman–Crippen LogP) is 8.53. The number of nitrogens with zero attached hydrogens (tertiary/aromatic N) is 1. The number of fused-ring (bicyclic) bond motifs is 7. The maximum absolute atomic E-state index is 12.0. The van der Waals surface area contributed by atoms with Crippen molar-refractivity contribution in [3.63, 3.8) is 0 Å². The highest BCUT2D eigenvalue weighted by Gasteiger charge is 2.70. The van der Waals surface area contributed by atoms with Gasteiger partial charge in [0.25, 0.3) is 0 Å². The summed E-state index contributed by atoms with van der Waals surface area (Å²) in [6.45, 7) is 23.4. The number of nitrogens with one attached hydrogen (secondary N) is 1. The second-order valence-electron chi connectivity index (χ2n) is 20.2. The normalized spacial score (nSPS) is 46.8. The summed E-state index contributed by atoms with van der Waals surface area (Å²) in [6, 6.07) is 0. The van der Waals surface area contributed by atoms with Gasteiger partial charge in [-0.05, 0) is 141 Å². The van der Waals surface area contributed by atoms with Gasteiger partial charge >= 0.3 is 5.97 Å². The smallest absolute Gasteiger partial charge is 0.306 e. The molecule has 11 atom stereocenters. The molecule has 1 aliphatic heterocycles. The zero-order valence-electron chi connectivity index (χ0n) is 32.5. The Morgan fingerprint density at radius 3 is 2.38 bits per heavy atom. The minimum Gasteiger partial charge on any atom is -0.481 e. The van der Waals surface area contributed by atoms with E-state index in [2.05, 4.69) is 64.4 Å². The number of carboxylic acid groups (broad SMARTS) is 1. The molecule has 50 heavy (non-hydrogen) atoms. The lowest BCUT2D eigenvalue weighted by Gasteiger charge is -2.72. The van der Waals surface area contributed by atoms with Crippen molar-refractivity contribution in [1.29, 1.82) is 0 Å². The van der Waals surface area contributed by atoms with Crippen LogP contribution in [0.5, 0.6) is 0 Å². The Hall–Kier alpha value is -1.18. The van der Waals surface area contributed by atoms with E-state index in [1.807, 2.05) is 0 Å². The molecule has 11 unspecified atom stereocenters. The van der Waals surface area contributed by atoms with Gasteiger partial charge in [0.05, 0.1) is 17.4 Å². The predicted molar refractivity (Wildman–Crippen MR) is 204 cm³/mol. The highest BCUT2D eigenvalue weighted by molar-refractivity contribution is 7.91. The maximum atomic E-state index is 12.0. The van der Waals surface area contributed by atoms with Crippen molar-refractivity contribution in [2.75, 3.05) is 37.7 Å². The molecular weight excluding hydrogens is 641 g/mol. The molecule has 0 aromatic heterocycles. The van der Waals surface area contributed by atoms with Crippen LogP contribution in [0.15, 0.2) is 23.8 Å². The zero-order chi connectivity index (χ0) is 35.9. The molecule has 2 N–H and O–H groups in total. The Morgan fingerprint density at radius 2 is 1.68 bits per heavy atom. The fourth-order valence-electron chi connectivity index (χ4n) is 14.9. The van der Waals surface area contributed by atoms with E-state index in [1.165, 1.54) is 69.8 Å². The third-order valence-corrected chi connectivity index (χ3v) is 19.4. The lowest BCUT2D eigenvalue weighted by atomic mass is 9.33. The Kier molecular flexibility index (Phi) is 9.65. The van der Waals surface area contributed by atoms with Crippen LogP contribution in [-0.2, 0) is 14.6 Å². The summed E-state index contributed by atoms with van der Waals surface area (Å²) < 4.78 is 24.1. The molecule has 1 heterocycles. The molecule has 0 aromatic rings. The molecular formula is C43H70N2O4S. The summed E-state index contributed by atoms with van der Waals surface area (Å²) in [6.07, 6.45) is 19.3. The monoisotopic (exact) mass is 711 g/mol. The second-order valence-corrected chi connectivity index (χ2v) is 22.5. The van der Waals surface area contributed by atoms with Gasteiger partial charge in [0.15, 0.2) is 9.84 Å². The standard InChI is InChI=1S/C43H70N2O4S/c1-29(2)33-14-18-43(44-21-22-45-23-25-50(48,49)26-24-45)20-19-41(6)34(37(33)43)11-12-36-40(5)16-13-32(28-30-9-8-10-31(27-30)38(46)47)39(3,4)35(40)15-17-42(36,41)7/h13,30-31,33-37,44H,1,8-12,14-28H2,2-7H3,(H,46,47). The van der Waals surface area contributed by atoms with Crippen LogP contribution in [0, 0.1) is 63.1 Å². The number of hydrogen-bond donors (Lipinski definition) is 2. The molecule has 0 spiro atoms. The van der Waals surface area contributed by atoms with E-state index in [0.29, 0.717) is 70.4 Å². The third kappa shape index (κ3) is 5.92. The minimum absolute atomic E-state index is 0.151. The summed E-state index contributed by atoms with van der Waals surface area (Å²) in [5.41, 5.74) is 4.25. The highest BCUT2D eigenvalue weighted by atomic mass is 32.2. The molecule has 282 valence electrons. The molecule has 0 aromatic carbocycles. The average Bonchev–Trinajstić information content (AvgIpc) is 3.44. The lowest BCUT2D eigenvalue weighted by molar-refractivity contribution is -0.221. The van der Waals surface area contributed by atoms with Gasteiger partial charge in [-0.1, -0.05) is 71.3 Å². The summed E-state index contributed by atoms with van der Waals surface area (Å²) in [4.78, 5) is 14.2. The van der Waals surface area contributed by atoms with Gasteiger partial charge in [0.2, 0.25) is 0 Å². The van der Waals surface area contributed by atoms with Crippen LogP contribution in [0.1, 0.15) is 131 Å². The Balaban J connectivity index is 1.11. The van der Waals surface area contributed by atoms with E-state index in [9.17, 15) is 18.3 Å². The van der Waals surface area contributed by atoms with Crippen LogP contribution in [0.2, 0.25) is 0 Å². The largest absolute Gasteiger partial charge is 0.481 e. The topological polar surface area (TPSA) is 86.7 Å². The number of rotatable bonds is 8. The number of allylic oxidation sites excluding steroid dienone is 3. The van der Waals surface area contributed by atoms with Crippen LogP contribution in [0.25, 0.3) is 0 Å². The van der Waals surface area contributed by atoms with Gasteiger partial charge in [0.1, 0.15) is 0 Å². The Bertz CT molecular complexity index is 1470. The van der Waals surface area contributed by atoms with Crippen LogP contribution in [0.4, 0.5) is 0 Å². The van der Waals surface area contributed by atoms with Gasteiger partial charge in [-0.3, -0.25) is 4.79 Å². The Morgan fingerprint density at radius 1 is 0.940 bits per heavy atom. The Labute approximate surface area is 305 Å². The summed E-state index contributed by atoms with van der Waals surface area (Å²) in [5, 5.41) is 14.0. The average molecular weight is 711 g/mol. The van der Waals surface area contributed by atoms with E-state index >= 15 is 0 Å². The second kappa shape index (κ2) is 13.0. The number of aliphatic carboxylic acids is 1. The van der Waals surface area contributed by atoms with Crippen LogP contribution >= 0.6 is 0 Å². The quantitative estimate of drug-likeness (QED) is 0.246. The molecule has 6 fully saturated rings. The van der Waals surface area contributed by atoms with Crippen LogP contribution in [0.3, 0.4) is 0 Å². The molecule has 6 aliphatic carbocycles. The van der Waals surface area contributed by atoms with Gasteiger partial charge in [-0.25, -0.2) is 8.42 Å². The molecule has 0 bridgehead atoms. The first-order chi connectivity index (χ1) is 23.5. The number of carbonyl (C=O) groups is 1. The first kappa shape index (κ1) is 37.1. The summed E-state index contributed by atoms with van der Waals surface area (Å²) >= 11 is 0. The van der Waals surface area contributed by atoms with Gasteiger partial charge in [0, 0.05) is 31.7 Å². The molecule has 1 saturated heterocycles. The number of hydrogen-bond acceptors (Lipinski definition) is 5. The van der Waals surface area contributed by atoms with Crippen molar-refractivity contribution in [1.82, 2.24) is 10.2 Å². The first-order valence-electron chi connectivity index (χ1n) is 20.7. The first-order valence-corrected chi connectivity index (χ1v) is 22.5. The van der Waals surface area contributed by atoms with Crippen molar-refractivity contribution >= 4 is 15.8 Å². The lowest BCUT2D eigenvalue weighted by Crippen LogP contribution is -2.68. The third-order valence-electron chi connectivity index (χ3n) is 17.8. The summed E-state index contributed by atoms with van der Waals surface area (Å²) in [7, 11) is -2.85. The number of sulfone groups is 1. The molecule has 6 nitrogen and oxygen atoms in total. The fraction of sp³-hybridized carbons (Fsp3) is 0.884. The van der Waals surface area contributed by atoms with Gasteiger partial charge in [-0.15, -0.1) is 0 Å². The molecule has 7 heteroatoms. The van der Waals surface area contributed by atoms with Gasteiger partial charge < -0.3 is 15.3 Å². The van der Waals surface area contributed by atoms with Crippen LogP contribution < -0.4 is 5.32 Å². The van der Waals surface area contributed by atoms with Crippen molar-refractivity contribution in [2.45, 2.75) is 137 Å². The highest BCUT2D eigenvalue weighted by Crippen LogP contribution is 2.76. The van der Waals surface area contributed by atoms with E-state index in [0.717, 1.165) is 44.7 Å². The fourth-order valence-corrected chi connectivity index (χ4v) is 16.2.